The second-order valence-electron chi connectivity index (χ2n) is 17.8. The lowest BCUT2D eigenvalue weighted by molar-refractivity contribution is 1.18. The molecule has 0 amide bonds. The Balaban J connectivity index is 0.999. The Hall–Kier alpha value is -8.85. The Morgan fingerprint density at radius 3 is 1.31 bits per heavy atom. The number of hydrogen-bond acceptors (Lipinski definition) is 1. The summed E-state index contributed by atoms with van der Waals surface area (Å²) in [5.41, 5.74) is 14.1. The van der Waals surface area contributed by atoms with Crippen molar-refractivity contribution in [3.05, 3.63) is 243 Å². The zero-order chi connectivity index (χ0) is 44.0. The van der Waals surface area contributed by atoms with E-state index in [-0.39, 0.29) is 0 Å². The Bertz CT molecular complexity index is 4310. The van der Waals surface area contributed by atoms with E-state index in [1.165, 1.54) is 109 Å². The van der Waals surface area contributed by atoms with Crippen LogP contribution in [0.5, 0.6) is 0 Å². The van der Waals surface area contributed by atoms with E-state index in [4.69, 9.17) is 4.98 Å². The Kier molecular flexibility index (Phi) is 8.32. The van der Waals surface area contributed by atoms with Crippen molar-refractivity contribution in [3.63, 3.8) is 0 Å². The van der Waals surface area contributed by atoms with E-state index in [0.717, 1.165) is 27.6 Å². The van der Waals surface area contributed by atoms with Crippen molar-refractivity contribution >= 4 is 86.6 Å². The SMILES string of the molecule is c1ccc(-n2c3ccc(-c4ccc(-c5ccc6c(-c7cc8ccccc8c8ccccc78)c7ccccc7c(-c7cc8ccccc8c8ccccc78)c6c5)cc4)cc3c3ncccc32)cc1. The molecule has 0 unspecified atom stereocenters. The molecular formula is C65H40N2. The smallest absolute Gasteiger partial charge is 0.0963 e. The highest BCUT2D eigenvalue weighted by molar-refractivity contribution is 6.28. The molecule has 0 radical (unpaired) electrons. The van der Waals surface area contributed by atoms with Crippen molar-refractivity contribution in [2.45, 2.75) is 0 Å². The molecule has 0 aliphatic carbocycles. The molecule has 310 valence electrons. The Labute approximate surface area is 387 Å². The number of aromatic nitrogens is 2. The quantitative estimate of drug-likeness (QED) is 0.125. The molecule has 12 aromatic carbocycles. The molecule has 0 aliphatic heterocycles. The van der Waals surface area contributed by atoms with Crippen LogP contribution in [0.4, 0.5) is 0 Å². The summed E-state index contributed by atoms with van der Waals surface area (Å²) in [5.74, 6) is 0. The third kappa shape index (κ3) is 5.80. The van der Waals surface area contributed by atoms with Crippen LogP contribution in [0.3, 0.4) is 0 Å². The standard InChI is InChI=1S/C65H40N2/c1-2-17-47(18-3-1)67-61-35-33-44(38-60(61)65-62(67)27-14-36-66-65)42-30-28-41(29-31-42)43-32-34-56-59(37-43)64(58-40-46-16-5-7-20-49(46)51-22-9-11-24-53(51)58)55-26-13-12-25-54(55)63(56)57-39-45-15-4-6-19-48(45)50-21-8-10-23-52(50)57/h1-40H. The van der Waals surface area contributed by atoms with Crippen LogP contribution < -0.4 is 0 Å². The van der Waals surface area contributed by atoms with Crippen LogP contribution in [0, 0.1) is 0 Å². The topological polar surface area (TPSA) is 17.8 Å². The molecule has 67 heavy (non-hydrogen) atoms. The van der Waals surface area contributed by atoms with Crippen molar-refractivity contribution < 1.29 is 0 Å². The zero-order valence-electron chi connectivity index (χ0n) is 36.5. The van der Waals surface area contributed by atoms with E-state index in [2.05, 4.69) is 235 Å². The van der Waals surface area contributed by atoms with Gasteiger partial charge in [-0.15, -0.1) is 0 Å². The number of fused-ring (bicyclic) bond motifs is 11. The molecule has 0 saturated heterocycles. The lowest BCUT2D eigenvalue weighted by Gasteiger charge is -2.21. The second kappa shape index (κ2) is 14.9. The molecule has 0 atom stereocenters. The first kappa shape index (κ1) is 37.5. The molecule has 0 bridgehead atoms. The number of benzene rings is 12. The van der Waals surface area contributed by atoms with Crippen molar-refractivity contribution in [2.24, 2.45) is 0 Å². The summed E-state index contributed by atoms with van der Waals surface area (Å²) in [6.07, 6.45) is 1.89. The number of hydrogen-bond donors (Lipinski definition) is 0. The lowest BCUT2D eigenvalue weighted by Crippen LogP contribution is -1.94. The number of pyridine rings is 1. The largest absolute Gasteiger partial charge is 0.308 e. The van der Waals surface area contributed by atoms with Gasteiger partial charge in [-0.05, 0) is 164 Å². The van der Waals surface area contributed by atoms with Gasteiger partial charge in [0.1, 0.15) is 0 Å². The van der Waals surface area contributed by atoms with Crippen molar-refractivity contribution in [1.29, 1.82) is 0 Å². The van der Waals surface area contributed by atoms with E-state index in [9.17, 15) is 0 Å². The predicted octanol–water partition coefficient (Wildman–Crippen LogP) is 17.8. The van der Waals surface area contributed by atoms with Gasteiger partial charge in [0.25, 0.3) is 0 Å². The monoisotopic (exact) mass is 848 g/mol. The maximum absolute atomic E-state index is 4.88. The van der Waals surface area contributed by atoms with Gasteiger partial charge in [0.15, 0.2) is 0 Å². The number of nitrogens with zero attached hydrogens (tertiary/aromatic N) is 2. The first-order valence-corrected chi connectivity index (χ1v) is 23.1. The maximum atomic E-state index is 4.88. The van der Waals surface area contributed by atoms with Crippen molar-refractivity contribution in [2.75, 3.05) is 0 Å². The third-order valence-corrected chi connectivity index (χ3v) is 14.2. The van der Waals surface area contributed by atoms with Crippen molar-refractivity contribution in [3.8, 4) is 50.2 Å². The van der Waals surface area contributed by atoms with Gasteiger partial charge < -0.3 is 4.57 Å². The van der Waals surface area contributed by atoms with E-state index < -0.39 is 0 Å². The highest BCUT2D eigenvalue weighted by Gasteiger charge is 2.22. The highest BCUT2D eigenvalue weighted by atomic mass is 15.0. The molecule has 14 rings (SSSR count). The van der Waals surface area contributed by atoms with Gasteiger partial charge in [-0.1, -0.05) is 182 Å². The van der Waals surface area contributed by atoms with E-state index in [0.29, 0.717) is 0 Å². The van der Waals surface area contributed by atoms with E-state index >= 15 is 0 Å². The fraction of sp³-hybridized carbons (Fsp3) is 0. The van der Waals surface area contributed by atoms with Crippen LogP contribution in [0.2, 0.25) is 0 Å². The average molecular weight is 849 g/mol. The molecule has 2 heteroatoms. The summed E-state index contributed by atoms with van der Waals surface area (Å²) in [6, 6.07) is 87.3. The van der Waals surface area contributed by atoms with Crippen molar-refractivity contribution in [1.82, 2.24) is 9.55 Å². The molecule has 2 nitrogen and oxygen atoms in total. The Morgan fingerprint density at radius 1 is 0.269 bits per heavy atom. The fourth-order valence-corrected chi connectivity index (χ4v) is 11.2. The van der Waals surface area contributed by atoms with Gasteiger partial charge in [0.05, 0.1) is 16.6 Å². The predicted molar refractivity (Wildman–Crippen MR) is 285 cm³/mol. The molecule has 0 N–H and O–H groups in total. The summed E-state index contributed by atoms with van der Waals surface area (Å²) in [5, 5.41) is 16.2. The van der Waals surface area contributed by atoms with Crippen LogP contribution in [0.25, 0.3) is 137 Å². The molecule has 2 aromatic heterocycles. The molecule has 0 saturated carbocycles. The van der Waals surface area contributed by atoms with Crippen LogP contribution in [-0.2, 0) is 0 Å². The minimum absolute atomic E-state index is 1.01. The van der Waals surface area contributed by atoms with Gasteiger partial charge in [-0.2, -0.15) is 0 Å². The normalized spacial score (nSPS) is 11.9. The summed E-state index contributed by atoms with van der Waals surface area (Å²) in [4.78, 5) is 4.88. The minimum Gasteiger partial charge on any atom is -0.308 e. The van der Waals surface area contributed by atoms with Crippen LogP contribution in [0.1, 0.15) is 0 Å². The Morgan fingerprint density at radius 2 is 0.716 bits per heavy atom. The van der Waals surface area contributed by atoms with Gasteiger partial charge in [-0.3, -0.25) is 4.98 Å². The molecule has 0 spiro atoms. The van der Waals surface area contributed by atoms with Crippen LogP contribution >= 0.6 is 0 Å². The third-order valence-electron chi connectivity index (χ3n) is 14.2. The summed E-state index contributed by atoms with van der Waals surface area (Å²) >= 11 is 0. The molecule has 2 heterocycles. The van der Waals surface area contributed by atoms with Crippen LogP contribution in [0.15, 0.2) is 243 Å². The summed E-state index contributed by atoms with van der Waals surface area (Å²) in [6.45, 7) is 0. The summed E-state index contributed by atoms with van der Waals surface area (Å²) in [7, 11) is 0. The van der Waals surface area contributed by atoms with E-state index in [1.807, 2.05) is 12.3 Å². The number of para-hydroxylation sites is 1. The fourth-order valence-electron chi connectivity index (χ4n) is 11.2. The van der Waals surface area contributed by atoms with Gasteiger partial charge >= 0.3 is 0 Å². The lowest BCUT2D eigenvalue weighted by atomic mass is 9.81. The van der Waals surface area contributed by atoms with E-state index in [1.54, 1.807) is 0 Å². The summed E-state index contributed by atoms with van der Waals surface area (Å²) < 4.78 is 2.32. The number of rotatable bonds is 5. The van der Waals surface area contributed by atoms with Crippen LogP contribution in [-0.4, -0.2) is 9.55 Å². The highest BCUT2D eigenvalue weighted by Crippen LogP contribution is 2.49. The first-order valence-electron chi connectivity index (χ1n) is 23.1. The molecular weight excluding hydrogens is 809 g/mol. The second-order valence-corrected chi connectivity index (χ2v) is 17.8. The minimum atomic E-state index is 1.01. The molecule has 0 fully saturated rings. The maximum Gasteiger partial charge on any atom is 0.0963 e. The average Bonchev–Trinajstić information content (AvgIpc) is 3.74. The molecule has 0 aliphatic rings. The zero-order valence-corrected chi connectivity index (χ0v) is 36.5. The molecule has 14 aromatic rings. The van der Waals surface area contributed by atoms with Gasteiger partial charge in [0.2, 0.25) is 0 Å². The van der Waals surface area contributed by atoms with Gasteiger partial charge in [-0.25, -0.2) is 0 Å². The van der Waals surface area contributed by atoms with Gasteiger partial charge in [0, 0.05) is 17.3 Å². The first-order chi connectivity index (χ1) is 33.2.